The molecule has 1 heterocycles. The normalized spacial score (nSPS) is 14.5. The minimum Gasteiger partial charge on any atom is -0.490 e. The van der Waals surface area contributed by atoms with Crippen LogP contribution in [-0.2, 0) is 14.3 Å². The zero-order chi connectivity index (χ0) is 23.5. The maximum Gasteiger partial charge on any atom is 0.331 e. The molecule has 2 aromatic rings. The molecule has 2 aromatic carbocycles. The number of amides is 1. The number of carbonyl (C=O) groups excluding carboxylic acids is 2. The third-order valence-electron chi connectivity index (χ3n) is 4.58. The highest BCUT2D eigenvalue weighted by atomic mass is 16.6. The molecular weight excluding hydrogens is 426 g/mol. The molecule has 176 valence electrons. The van der Waals surface area contributed by atoms with E-state index in [1.54, 1.807) is 24.3 Å². The van der Waals surface area contributed by atoms with Gasteiger partial charge in [0, 0.05) is 6.08 Å². The van der Waals surface area contributed by atoms with Crippen molar-refractivity contribution in [1.82, 2.24) is 5.32 Å². The Hall–Kier alpha value is -3.68. The van der Waals surface area contributed by atoms with Crippen molar-refractivity contribution < 1.29 is 33.3 Å². The van der Waals surface area contributed by atoms with Crippen molar-refractivity contribution in [2.45, 2.75) is 26.4 Å². The van der Waals surface area contributed by atoms with Gasteiger partial charge in [-0.3, -0.25) is 4.79 Å². The Kier molecular flexibility index (Phi) is 8.99. The highest BCUT2D eigenvalue weighted by Crippen LogP contribution is 2.31. The van der Waals surface area contributed by atoms with E-state index in [4.69, 9.17) is 23.7 Å². The van der Waals surface area contributed by atoms with E-state index in [1.807, 2.05) is 38.1 Å². The number of hydrogen-bond donors (Lipinski definition) is 1. The fourth-order valence-corrected chi connectivity index (χ4v) is 3.02. The number of benzene rings is 2. The average molecular weight is 456 g/mol. The van der Waals surface area contributed by atoms with Gasteiger partial charge in [0.25, 0.3) is 5.91 Å². The number of carbonyl (C=O) groups is 2. The third-order valence-corrected chi connectivity index (χ3v) is 4.58. The van der Waals surface area contributed by atoms with Crippen LogP contribution < -0.4 is 24.3 Å². The number of ether oxygens (including phenoxy) is 5. The van der Waals surface area contributed by atoms with Gasteiger partial charge in [0.15, 0.2) is 29.6 Å². The quantitative estimate of drug-likeness (QED) is 0.410. The maximum absolute atomic E-state index is 12.0. The molecule has 8 nitrogen and oxygen atoms in total. The van der Waals surface area contributed by atoms with E-state index in [2.05, 4.69) is 5.32 Å². The molecule has 0 radical (unpaired) electrons. The molecule has 0 bridgehead atoms. The van der Waals surface area contributed by atoms with E-state index in [9.17, 15) is 9.59 Å². The second-order valence-electron chi connectivity index (χ2n) is 7.23. The lowest BCUT2D eigenvalue weighted by molar-refractivity contribution is -0.143. The lowest BCUT2D eigenvalue weighted by Crippen LogP contribution is -2.42. The first kappa shape index (κ1) is 24.0. The van der Waals surface area contributed by atoms with Gasteiger partial charge in [-0.15, -0.1) is 0 Å². The third kappa shape index (κ3) is 7.45. The standard InChI is InChI=1S/C25H29NO7/c1-3-13-30-21-11-9-18(14-23(21)29-4-2)10-12-25(28)32-17-24(27)26-15-19-16-31-20-7-5-6-8-22(20)33-19/h5-12,14,19H,3-4,13,15-17H2,1-2H3,(H,26,27)/b12-10+. The van der Waals surface area contributed by atoms with E-state index in [-0.39, 0.29) is 19.3 Å². The second-order valence-corrected chi connectivity index (χ2v) is 7.23. The first-order chi connectivity index (χ1) is 16.1. The Bertz CT molecular complexity index is 973. The van der Waals surface area contributed by atoms with Crippen LogP contribution >= 0.6 is 0 Å². The summed E-state index contributed by atoms with van der Waals surface area (Å²) in [4.78, 5) is 24.0. The van der Waals surface area contributed by atoms with Crippen LogP contribution in [-0.4, -0.2) is 51.0 Å². The van der Waals surface area contributed by atoms with Crippen molar-refractivity contribution in [3.8, 4) is 23.0 Å². The van der Waals surface area contributed by atoms with Gasteiger partial charge in [0.1, 0.15) is 12.7 Å². The van der Waals surface area contributed by atoms with Crippen LogP contribution in [0.4, 0.5) is 0 Å². The van der Waals surface area contributed by atoms with E-state index >= 15 is 0 Å². The summed E-state index contributed by atoms with van der Waals surface area (Å²) in [6.07, 6.45) is 3.43. The second kappa shape index (κ2) is 12.4. The summed E-state index contributed by atoms with van der Waals surface area (Å²) in [5, 5.41) is 2.68. The fourth-order valence-electron chi connectivity index (χ4n) is 3.02. The van der Waals surface area contributed by atoms with Gasteiger partial charge in [0.2, 0.25) is 0 Å². The van der Waals surface area contributed by atoms with Crippen molar-refractivity contribution >= 4 is 18.0 Å². The van der Waals surface area contributed by atoms with Gasteiger partial charge in [-0.1, -0.05) is 25.1 Å². The topological polar surface area (TPSA) is 92.3 Å². The summed E-state index contributed by atoms with van der Waals surface area (Å²) < 4.78 is 27.7. The Labute approximate surface area is 193 Å². The molecule has 1 amide bonds. The zero-order valence-corrected chi connectivity index (χ0v) is 18.9. The molecule has 0 aliphatic carbocycles. The number of nitrogens with one attached hydrogen (secondary N) is 1. The Balaban J connectivity index is 1.42. The van der Waals surface area contributed by atoms with Gasteiger partial charge >= 0.3 is 5.97 Å². The predicted octanol–water partition coefficient (Wildman–Crippen LogP) is 3.39. The Morgan fingerprint density at radius 3 is 2.70 bits per heavy atom. The summed E-state index contributed by atoms with van der Waals surface area (Å²) in [5.41, 5.74) is 0.749. The van der Waals surface area contributed by atoms with Gasteiger partial charge in [-0.2, -0.15) is 0 Å². The molecule has 1 atom stereocenters. The van der Waals surface area contributed by atoms with E-state index in [0.29, 0.717) is 42.8 Å². The molecule has 0 aromatic heterocycles. The van der Waals surface area contributed by atoms with Crippen molar-refractivity contribution in [3.63, 3.8) is 0 Å². The number of rotatable bonds is 11. The van der Waals surface area contributed by atoms with E-state index in [0.717, 1.165) is 12.0 Å². The molecule has 0 spiro atoms. The molecule has 0 saturated heterocycles. The number of esters is 1. The first-order valence-corrected chi connectivity index (χ1v) is 11.0. The van der Waals surface area contributed by atoms with Crippen LogP contribution in [0.25, 0.3) is 6.08 Å². The van der Waals surface area contributed by atoms with Crippen molar-refractivity contribution in [2.75, 3.05) is 33.0 Å². The minimum absolute atomic E-state index is 0.243. The van der Waals surface area contributed by atoms with E-state index in [1.165, 1.54) is 6.08 Å². The molecule has 8 heteroatoms. The largest absolute Gasteiger partial charge is 0.490 e. The van der Waals surface area contributed by atoms with Crippen LogP contribution in [0.1, 0.15) is 25.8 Å². The first-order valence-electron chi connectivity index (χ1n) is 11.0. The Morgan fingerprint density at radius 1 is 1.09 bits per heavy atom. The Morgan fingerprint density at radius 2 is 1.91 bits per heavy atom. The maximum atomic E-state index is 12.0. The van der Waals surface area contributed by atoms with Crippen LogP contribution in [0.5, 0.6) is 23.0 Å². The van der Waals surface area contributed by atoms with Crippen LogP contribution in [0, 0.1) is 0 Å². The van der Waals surface area contributed by atoms with Crippen molar-refractivity contribution in [3.05, 3.63) is 54.1 Å². The van der Waals surface area contributed by atoms with Gasteiger partial charge in [-0.25, -0.2) is 4.79 Å². The number of hydrogen-bond acceptors (Lipinski definition) is 7. The molecule has 1 N–H and O–H groups in total. The molecule has 1 aliphatic rings. The summed E-state index contributed by atoms with van der Waals surface area (Å²) in [7, 11) is 0. The number of fused-ring (bicyclic) bond motifs is 1. The van der Waals surface area contributed by atoms with Gasteiger partial charge in [0.05, 0.1) is 19.8 Å². The highest BCUT2D eigenvalue weighted by Gasteiger charge is 2.21. The molecular formula is C25H29NO7. The summed E-state index contributed by atoms with van der Waals surface area (Å²) in [6, 6.07) is 12.7. The summed E-state index contributed by atoms with van der Waals surface area (Å²) in [6.45, 7) is 5.19. The average Bonchev–Trinajstić information content (AvgIpc) is 2.84. The molecule has 33 heavy (non-hydrogen) atoms. The zero-order valence-electron chi connectivity index (χ0n) is 18.9. The van der Waals surface area contributed by atoms with Crippen molar-refractivity contribution in [2.24, 2.45) is 0 Å². The lowest BCUT2D eigenvalue weighted by atomic mass is 10.2. The van der Waals surface area contributed by atoms with Crippen molar-refractivity contribution in [1.29, 1.82) is 0 Å². The summed E-state index contributed by atoms with van der Waals surface area (Å²) >= 11 is 0. The van der Waals surface area contributed by atoms with E-state index < -0.39 is 11.9 Å². The molecule has 3 rings (SSSR count). The SMILES string of the molecule is CCCOc1ccc(/C=C/C(=O)OCC(=O)NCC2COc3ccccc3O2)cc1OCC. The summed E-state index contributed by atoms with van der Waals surface area (Å²) in [5.74, 6) is 1.54. The molecule has 0 saturated carbocycles. The number of para-hydroxylation sites is 2. The van der Waals surface area contributed by atoms with Crippen LogP contribution in [0.15, 0.2) is 48.5 Å². The van der Waals surface area contributed by atoms with Crippen LogP contribution in [0.2, 0.25) is 0 Å². The molecule has 0 fully saturated rings. The monoisotopic (exact) mass is 455 g/mol. The predicted molar refractivity (Wildman–Crippen MR) is 123 cm³/mol. The fraction of sp³-hybridized carbons (Fsp3) is 0.360. The smallest absolute Gasteiger partial charge is 0.331 e. The van der Waals surface area contributed by atoms with Gasteiger partial charge < -0.3 is 29.0 Å². The molecule has 1 unspecified atom stereocenters. The highest BCUT2D eigenvalue weighted by molar-refractivity contribution is 5.89. The lowest BCUT2D eigenvalue weighted by Gasteiger charge is -2.26. The van der Waals surface area contributed by atoms with Gasteiger partial charge in [-0.05, 0) is 49.2 Å². The molecule has 1 aliphatic heterocycles. The minimum atomic E-state index is -0.624. The van der Waals surface area contributed by atoms with Crippen LogP contribution in [0.3, 0.4) is 0 Å².